The number of hydrogen-bond donors (Lipinski definition) is 6. The summed E-state index contributed by atoms with van der Waals surface area (Å²) < 4.78 is 17.7. The van der Waals surface area contributed by atoms with Gasteiger partial charge in [0.2, 0.25) is 23.6 Å². The van der Waals surface area contributed by atoms with Crippen molar-refractivity contribution < 1.29 is 53.2 Å². The Hall–Kier alpha value is -5.85. The number of rotatable bonds is 17. The molecule has 0 aromatic heterocycles. The number of fused-ring (bicyclic) bond motifs is 4. The second kappa shape index (κ2) is 18.8. The lowest BCUT2D eigenvalue weighted by Gasteiger charge is -2.44. The molecule has 0 aliphatic carbocycles. The Morgan fingerprint density at radius 1 is 0.966 bits per heavy atom. The molecule has 3 aliphatic rings. The first-order valence-corrected chi connectivity index (χ1v) is 19.3. The fraction of sp³-hybridized carbons (Fsp3) is 0.405. The fourth-order valence-electron chi connectivity index (χ4n) is 7.20. The van der Waals surface area contributed by atoms with Gasteiger partial charge >= 0.3 is 0 Å². The van der Waals surface area contributed by atoms with Crippen LogP contribution in [0.3, 0.4) is 0 Å². The summed E-state index contributed by atoms with van der Waals surface area (Å²) in [5.74, 6) is -2.65. The average molecular weight is 813 g/mol. The van der Waals surface area contributed by atoms with Gasteiger partial charge < -0.3 is 46.1 Å². The van der Waals surface area contributed by atoms with Gasteiger partial charge in [-0.1, -0.05) is 60.7 Å². The van der Waals surface area contributed by atoms with Crippen molar-refractivity contribution in [3.8, 4) is 0 Å². The number of primary amides is 1. The normalized spacial score (nSPS) is 22.1. The number of benzene rings is 3. The van der Waals surface area contributed by atoms with Crippen LogP contribution < -0.4 is 21.7 Å². The highest BCUT2D eigenvalue weighted by Crippen LogP contribution is 2.35. The van der Waals surface area contributed by atoms with Gasteiger partial charge in [0, 0.05) is 25.3 Å². The lowest BCUT2D eigenvalue weighted by Crippen LogP contribution is -2.66. The SMILES string of the molecule is CC(=O)NC1C(OCc2ccccc2)OC(CO)C(O)C1OC(C)C(=O)NC(C)C(=O)NC(CCC(=O)Cc1ccc2c(c1)CN1C(=O)c3ccccc3C1=N2)C(N)=O. The van der Waals surface area contributed by atoms with Crippen LogP contribution >= 0.6 is 0 Å². The van der Waals surface area contributed by atoms with E-state index in [4.69, 9.17) is 24.9 Å². The van der Waals surface area contributed by atoms with Gasteiger partial charge in [0.1, 0.15) is 54.2 Å². The molecule has 0 spiro atoms. The molecule has 7 N–H and O–H groups in total. The highest BCUT2D eigenvalue weighted by Gasteiger charge is 2.48. The lowest BCUT2D eigenvalue weighted by molar-refractivity contribution is -0.283. The third kappa shape index (κ3) is 10.1. The third-order valence-corrected chi connectivity index (χ3v) is 10.3. The van der Waals surface area contributed by atoms with Crippen LogP contribution in [0.15, 0.2) is 77.8 Å². The zero-order chi connectivity index (χ0) is 42.4. The molecule has 59 heavy (non-hydrogen) atoms. The number of Topliss-reactive ketones (excluding diaryl/α,β-unsaturated/α-hetero) is 1. The lowest BCUT2D eigenvalue weighted by atomic mass is 9.96. The minimum Gasteiger partial charge on any atom is -0.394 e. The molecule has 8 unspecified atom stereocenters. The van der Waals surface area contributed by atoms with Crippen molar-refractivity contribution in [1.29, 1.82) is 0 Å². The number of amides is 5. The van der Waals surface area contributed by atoms with Crippen LogP contribution in [0.5, 0.6) is 0 Å². The number of ketones is 1. The summed E-state index contributed by atoms with van der Waals surface area (Å²) in [6.45, 7) is 3.75. The van der Waals surface area contributed by atoms with Crippen LogP contribution in [0.25, 0.3) is 0 Å². The Balaban J connectivity index is 1.01. The fourth-order valence-corrected chi connectivity index (χ4v) is 7.20. The maximum atomic E-state index is 13.3. The first-order chi connectivity index (χ1) is 28.2. The van der Waals surface area contributed by atoms with Crippen molar-refractivity contribution in [3.63, 3.8) is 0 Å². The largest absolute Gasteiger partial charge is 0.394 e. The van der Waals surface area contributed by atoms with Gasteiger partial charge in [-0.15, -0.1) is 0 Å². The molecule has 17 nitrogen and oxygen atoms in total. The molecular formula is C42H48N6O11. The molecule has 3 aromatic carbocycles. The van der Waals surface area contributed by atoms with E-state index in [2.05, 4.69) is 16.0 Å². The van der Waals surface area contributed by atoms with Crippen molar-refractivity contribution in [3.05, 3.63) is 101 Å². The molecule has 0 saturated carbocycles. The standard InChI is InChI=1S/C42H48N6O11/c1-22(44-40(55)23(2)58-36-34(45-24(3)50)42(59-33(20-49)35(36)52)57-21-25-9-5-4-6-10-25)39(54)47-32(37(43)53)16-14-28(51)18-26-13-15-31-27(17-26)19-48-38(46-31)29-11-7-8-12-30(29)41(48)56/h4-13,15,17,22-23,32-36,42,49,52H,14,16,18-21H2,1-3H3,(H2,43,53)(H,44,55)(H,45,50)(H,47,54). The number of carbonyl (C=O) groups is 6. The van der Waals surface area contributed by atoms with Crippen molar-refractivity contribution in [1.82, 2.24) is 20.9 Å². The topological polar surface area (TPSA) is 248 Å². The van der Waals surface area contributed by atoms with Crippen LogP contribution in [-0.2, 0) is 57.8 Å². The minimum atomic E-state index is -1.49. The monoisotopic (exact) mass is 812 g/mol. The molecule has 312 valence electrons. The number of ether oxygens (including phenoxy) is 3. The van der Waals surface area contributed by atoms with Crippen LogP contribution in [0, 0.1) is 0 Å². The first-order valence-electron chi connectivity index (χ1n) is 19.3. The smallest absolute Gasteiger partial charge is 0.260 e. The number of hydrogen-bond acceptors (Lipinski definition) is 12. The predicted molar refractivity (Wildman–Crippen MR) is 211 cm³/mol. The number of nitrogens with zero attached hydrogens (tertiary/aromatic N) is 2. The van der Waals surface area contributed by atoms with E-state index in [1.807, 2.05) is 48.5 Å². The number of aliphatic hydroxyl groups excluding tert-OH is 2. The Morgan fingerprint density at radius 3 is 2.37 bits per heavy atom. The maximum absolute atomic E-state index is 13.3. The second-order valence-corrected chi connectivity index (χ2v) is 14.8. The van der Waals surface area contributed by atoms with Crippen LogP contribution in [0.1, 0.15) is 66.2 Å². The second-order valence-electron chi connectivity index (χ2n) is 14.8. The number of nitrogens with one attached hydrogen (secondary N) is 3. The van der Waals surface area contributed by atoms with Crippen molar-refractivity contribution >= 4 is 46.8 Å². The third-order valence-electron chi connectivity index (χ3n) is 10.3. The first kappa shape index (κ1) is 42.7. The van der Waals surface area contributed by atoms with Gasteiger partial charge in [-0.25, -0.2) is 4.99 Å². The average Bonchev–Trinajstić information content (AvgIpc) is 3.49. The van der Waals surface area contributed by atoms with E-state index in [9.17, 15) is 39.0 Å². The highest BCUT2D eigenvalue weighted by atomic mass is 16.7. The molecule has 0 radical (unpaired) electrons. The Morgan fingerprint density at radius 2 is 1.68 bits per heavy atom. The van der Waals surface area contributed by atoms with Crippen LogP contribution in [-0.4, -0.2) is 112 Å². The van der Waals surface area contributed by atoms with Gasteiger partial charge in [-0.3, -0.25) is 33.7 Å². The van der Waals surface area contributed by atoms with E-state index in [0.717, 1.165) is 16.7 Å². The zero-order valence-electron chi connectivity index (χ0n) is 32.8. The Kier molecular flexibility index (Phi) is 13.6. The molecule has 5 amide bonds. The van der Waals surface area contributed by atoms with Gasteiger partial charge in [0.15, 0.2) is 6.29 Å². The van der Waals surface area contributed by atoms with Gasteiger partial charge in [0.25, 0.3) is 5.91 Å². The summed E-state index contributed by atoms with van der Waals surface area (Å²) in [6.07, 6.45) is -6.60. The van der Waals surface area contributed by atoms with E-state index >= 15 is 0 Å². The summed E-state index contributed by atoms with van der Waals surface area (Å²) in [6, 6.07) is 18.3. The van der Waals surface area contributed by atoms with Crippen molar-refractivity contribution in [2.24, 2.45) is 10.7 Å². The summed E-state index contributed by atoms with van der Waals surface area (Å²) in [5.41, 5.74) is 9.94. The number of nitrogens with two attached hydrogens (primary N) is 1. The summed E-state index contributed by atoms with van der Waals surface area (Å²) in [5, 5.41) is 28.6. The minimum absolute atomic E-state index is 0.0331. The van der Waals surface area contributed by atoms with E-state index in [1.165, 1.54) is 20.8 Å². The Labute approximate surface area is 340 Å². The van der Waals surface area contributed by atoms with Crippen LogP contribution in [0.4, 0.5) is 5.69 Å². The number of aliphatic imine (C=N–C) groups is 1. The van der Waals surface area contributed by atoms with Crippen molar-refractivity contribution in [2.75, 3.05) is 6.61 Å². The molecule has 8 atom stereocenters. The van der Waals surface area contributed by atoms with Gasteiger partial charge in [0.05, 0.1) is 31.0 Å². The van der Waals surface area contributed by atoms with E-state index < -0.39 is 79.1 Å². The zero-order valence-corrected chi connectivity index (χ0v) is 32.8. The maximum Gasteiger partial charge on any atom is 0.260 e. The Bertz CT molecular complexity index is 2110. The molecule has 3 aromatic rings. The molecule has 1 saturated heterocycles. The van der Waals surface area contributed by atoms with Gasteiger partial charge in [-0.05, 0) is 49.1 Å². The van der Waals surface area contributed by atoms with E-state index in [1.54, 1.807) is 29.2 Å². The number of amidine groups is 1. The molecule has 6 rings (SSSR count). The van der Waals surface area contributed by atoms with Crippen LogP contribution in [0.2, 0.25) is 0 Å². The molecule has 1 fully saturated rings. The summed E-state index contributed by atoms with van der Waals surface area (Å²) in [4.78, 5) is 83.3. The summed E-state index contributed by atoms with van der Waals surface area (Å²) >= 11 is 0. The van der Waals surface area contributed by atoms with E-state index in [0.29, 0.717) is 29.2 Å². The van der Waals surface area contributed by atoms with Crippen molar-refractivity contribution in [2.45, 2.75) is 102 Å². The molecule has 17 heteroatoms. The summed E-state index contributed by atoms with van der Waals surface area (Å²) in [7, 11) is 0. The van der Waals surface area contributed by atoms with Gasteiger partial charge in [-0.2, -0.15) is 0 Å². The molecule has 0 bridgehead atoms. The number of aliphatic hydroxyl groups is 2. The predicted octanol–water partition coefficient (Wildman–Crippen LogP) is 0.674. The number of carbonyl (C=O) groups excluding carboxylic acids is 6. The van der Waals surface area contributed by atoms with E-state index in [-0.39, 0.29) is 37.6 Å². The molecule has 3 heterocycles. The molecule has 3 aliphatic heterocycles. The highest BCUT2D eigenvalue weighted by molar-refractivity contribution is 6.24. The molecular weight excluding hydrogens is 764 g/mol. The quantitative estimate of drug-likeness (QED) is 0.111.